The van der Waals surface area contributed by atoms with Gasteiger partial charge in [0.15, 0.2) is 0 Å². The SMILES string of the molecule is NC1CCN(CCc2cccnc2)c2ccccc21. The largest absolute Gasteiger partial charge is 0.371 e. The maximum absolute atomic E-state index is 6.18. The normalized spacial score (nSPS) is 18.2. The average molecular weight is 253 g/mol. The highest BCUT2D eigenvalue weighted by molar-refractivity contribution is 5.56. The van der Waals surface area contributed by atoms with Crippen LogP contribution < -0.4 is 10.6 Å². The third kappa shape index (κ3) is 2.61. The molecule has 19 heavy (non-hydrogen) atoms. The van der Waals surface area contributed by atoms with Crippen LogP contribution in [0.2, 0.25) is 0 Å². The van der Waals surface area contributed by atoms with Crippen LogP contribution in [0.4, 0.5) is 5.69 Å². The van der Waals surface area contributed by atoms with E-state index in [0.717, 1.165) is 25.9 Å². The van der Waals surface area contributed by atoms with Crippen molar-refractivity contribution in [2.24, 2.45) is 5.73 Å². The van der Waals surface area contributed by atoms with Crippen molar-refractivity contribution in [2.75, 3.05) is 18.0 Å². The van der Waals surface area contributed by atoms with Gasteiger partial charge in [0.2, 0.25) is 0 Å². The summed E-state index contributed by atoms with van der Waals surface area (Å²) in [6.07, 6.45) is 5.82. The van der Waals surface area contributed by atoms with Crippen LogP contribution in [0.3, 0.4) is 0 Å². The maximum Gasteiger partial charge on any atom is 0.0414 e. The van der Waals surface area contributed by atoms with Crippen LogP contribution in [0.15, 0.2) is 48.8 Å². The summed E-state index contributed by atoms with van der Waals surface area (Å²) in [5.74, 6) is 0. The third-order valence-corrected chi connectivity index (χ3v) is 3.78. The lowest BCUT2D eigenvalue weighted by atomic mass is 9.97. The molecule has 1 atom stereocenters. The van der Waals surface area contributed by atoms with Crippen molar-refractivity contribution in [3.63, 3.8) is 0 Å². The summed E-state index contributed by atoms with van der Waals surface area (Å²) in [6, 6.07) is 12.8. The Hall–Kier alpha value is -1.87. The van der Waals surface area contributed by atoms with Crippen molar-refractivity contribution >= 4 is 5.69 Å². The van der Waals surface area contributed by atoms with Gasteiger partial charge in [-0.25, -0.2) is 0 Å². The van der Waals surface area contributed by atoms with Gasteiger partial charge in [-0.05, 0) is 36.1 Å². The van der Waals surface area contributed by atoms with Crippen molar-refractivity contribution in [2.45, 2.75) is 18.9 Å². The average Bonchev–Trinajstić information content (AvgIpc) is 2.48. The van der Waals surface area contributed by atoms with Gasteiger partial charge in [-0.2, -0.15) is 0 Å². The van der Waals surface area contributed by atoms with Crippen molar-refractivity contribution in [3.05, 3.63) is 59.9 Å². The quantitative estimate of drug-likeness (QED) is 0.914. The van der Waals surface area contributed by atoms with E-state index in [1.54, 1.807) is 0 Å². The van der Waals surface area contributed by atoms with E-state index in [0.29, 0.717) is 0 Å². The molecule has 2 aromatic rings. The van der Waals surface area contributed by atoms with Gasteiger partial charge in [0.25, 0.3) is 0 Å². The fourth-order valence-electron chi connectivity index (χ4n) is 2.70. The lowest BCUT2D eigenvalue weighted by Gasteiger charge is -2.34. The second-order valence-electron chi connectivity index (χ2n) is 5.05. The molecular formula is C16H19N3. The number of hydrogen-bond acceptors (Lipinski definition) is 3. The minimum Gasteiger partial charge on any atom is -0.371 e. The lowest BCUT2D eigenvalue weighted by Crippen LogP contribution is -2.35. The van der Waals surface area contributed by atoms with Crippen molar-refractivity contribution in [1.29, 1.82) is 0 Å². The number of nitrogens with two attached hydrogens (primary N) is 1. The zero-order chi connectivity index (χ0) is 13.1. The van der Waals surface area contributed by atoms with E-state index in [-0.39, 0.29) is 6.04 Å². The van der Waals surface area contributed by atoms with Crippen LogP contribution in [-0.4, -0.2) is 18.1 Å². The number of rotatable bonds is 3. The summed E-state index contributed by atoms with van der Waals surface area (Å²) >= 11 is 0. The first-order valence-electron chi connectivity index (χ1n) is 6.83. The Labute approximate surface area is 114 Å². The van der Waals surface area contributed by atoms with Crippen molar-refractivity contribution < 1.29 is 0 Å². The molecule has 0 bridgehead atoms. The Bertz CT molecular complexity index is 539. The molecule has 2 N–H and O–H groups in total. The number of hydrogen-bond donors (Lipinski definition) is 1. The molecule has 0 saturated carbocycles. The van der Waals surface area contributed by atoms with Gasteiger partial charge in [-0.3, -0.25) is 4.98 Å². The summed E-state index contributed by atoms with van der Waals surface area (Å²) in [5, 5.41) is 0. The Kier molecular flexibility index (Phi) is 3.47. The second-order valence-corrected chi connectivity index (χ2v) is 5.05. The minimum absolute atomic E-state index is 0.186. The Morgan fingerprint density at radius 2 is 2.11 bits per heavy atom. The molecule has 0 aliphatic carbocycles. The molecule has 3 rings (SSSR count). The highest BCUT2D eigenvalue weighted by Crippen LogP contribution is 2.31. The van der Waals surface area contributed by atoms with Gasteiger partial charge in [0.05, 0.1) is 0 Å². The summed E-state index contributed by atoms with van der Waals surface area (Å²) in [5.41, 5.74) is 10.0. The Balaban J connectivity index is 1.74. The molecule has 1 unspecified atom stereocenters. The number of benzene rings is 1. The number of fused-ring (bicyclic) bond motifs is 1. The summed E-state index contributed by atoms with van der Waals surface area (Å²) in [6.45, 7) is 2.06. The van der Waals surface area contributed by atoms with Crippen LogP contribution in [0.5, 0.6) is 0 Å². The molecule has 0 saturated heterocycles. The molecule has 3 nitrogen and oxygen atoms in total. The van der Waals surface area contributed by atoms with Crippen molar-refractivity contribution in [1.82, 2.24) is 4.98 Å². The first-order valence-corrected chi connectivity index (χ1v) is 6.83. The Morgan fingerprint density at radius 1 is 1.21 bits per heavy atom. The highest BCUT2D eigenvalue weighted by Gasteiger charge is 2.21. The fraction of sp³-hybridized carbons (Fsp3) is 0.312. The third-order valence-electron chi connectivity index (χ3n) is 3.78. The molecule has 0 radical (unpaired) electrons. The highest BCUT2D eigenvalue weighted by atomic mass is 15.1. The maximum atomic E-state index is 6.18. The van der Waals surface area contributed by atoms with Gasteiger partial charge < -0.3 is 10.6 Å². The zero-order valence-electron chi connectivity index (χ0n) is 11.0. The van der Waals surface area contributed by atoms with Gasteiger partial charge in [-0.1, -0.05) is 24.3 Å². The molecule has 0 amide bonds. The topological polar surface area (TPSA) is 42.1 Å². The Morgan fingerprint density at radius 3 is 2.95 bits per heavy atom. The molecule has 1 aromatic heterocycles. The number of nitrogens with zero attached hydrogens (tertiary/aromatic N) is 2. The molecule has 1 aromatic carbocycles. The molecule has 1 aliphatic heterocycles. The number of para-hydroxylation sites is 1. The molecule has 3 heteroatoms. The standard InChI is InChI=1S/C16H19N3/c17-15-8-11-19(16-6-2-1-5-14(15)16)10-7-13-4-3-9-18-12-13/h1-6,9,12,15H,7-8,10-11,17H2. The van der Waals surface area contributed by atoms with E-state index < -0.39 is 0 Å². The van der Waals surface area contributed by atoms with Crippen LogP contribution in [-0.2, 0) is 6.42 Å². The van der Waals surface area contributed by atoms with Gasteiger partial charge in [0.1, 0.15) is 0 Å². The van der Waals surface area contributed by atoms with Gasteiger partial charge >= 0.3 is 0 Å². The molecule has 1 aliphatic rings. The zero-order valence-corrected chi connectivity index (χ0v) is 11.0. The fourth-order valence-corrected chi connectivity index (χ4v) is 2.70. The van der Waals surface area contributed by atoms with E-state index in [1.807, 2.05) is 18.5 Å². The van der Waals surface area contributed by atoms with Gasteiger partial charge in [-0.15, -0.1) is 0 Å². The predicted octanol–water partition coefficient (Wildman–Crippen LogP) is 2.53. The second kappa shape index (κ2) is 5.41. The smallest absolute Gasteiger partial charge is 0.0414 e. The first kappa shape index (κ1) is 12.2. The number of aromatic nitrogens is 1. The van der Waals surface area contributed by atoms with E-state index in [9.17, 15) is 0 Å². The summed E-state index contributed by atoms with van der Waals surface area (Å²) < 4.78 is 0. The lowest BCUT2D eigenvalue weighted by molar-refractivity contribution is 0.591. The van der Waals surface area contributed by atoms with Crippen LogP contribution >= 0.6 is 0 Å². The minimum atomic E-state index is 0.186. The van der Waals surface area contributed by atoms with E-state index in [1.165, 1.54) is 16.8 Å². The number of anilines is 1. The van der Waals surface area contributed by atoms with E-state index in [2.05, 4.69) is 40.2 Å². The molecular weight excluding hydrogens is 234 g/mol. The molecule has 0 spiro atoms. The van der Waals surface area contributed by atoms with Crippen LogP contribution in [0.25, 0.3) is 0 Å². The summed E-state index contributed by atoms with van der Waals surface area (Å²) in [4.78, 5) is 6.60. The molecule has 2 heterocycles. The van der Waals surface area contributed by atoms with Crippen LogP contribution in [0, 0.1) is 0 Å². The van der Waals surface area contributed by atoms with Gasteiger partial charge in [0, 0.05) is 37.2 Å². The van der Waals surface area contributed by atoms with Crippen LogP contribution in [0.1, 0.15) is 23.6 Å². The van der Waals surface area contributed by atoms with E-state index in [4.69, 9.17) is 5.73 Å². The van der Waals surface area contributed by atoms with Crippen molar-refractivity contribution in [3.8, 4) is 0 Å². The van der Waals surface area contributed by atoms with E-state index >= 15 is 0 Å². The molecule has 98 valence electrons. The monoisotopic (exact) mass is 253 g/mol. The predicted molar refractivity (Wildman–Crippen MR) is 78.1 cm³/mol. The number of pyridine rings is 1. The molecule has 0 fully saturated rings. The first-order chi connectivity index (χ1) is 9.34. The summed E-state index contributed by atoms with van der Waals surface area (Å²) in [7, 11) is 0.